The zero-order chi connectivity index (χ0) is 25.7. The minimum absolute atomic E-state index is 0.129. The topological polar surface area (TPSA) is 157 Å². The second kappa shape index (κ2) is 11.5. The Morgan fingerprint density at radius 2 is 1.43 bits per heavy atom. The molecule has 3 rings (SSSR count). The van der Waals surface area contributed by atoms with Crippen LogP contribution in [-0.4, -0.2) is 91.3 Å². The maximum absolute atomic E-state index is 10.9. The van der Waals surface area contributed by atoms with E-state index in [4.69, 9.17) is 28.4 Å². The Morgan fingerprint density at radius 1 is 0.800 bits per heavy atom. The largest absolute Gasteiger partial charge is 0.504 e. The first-order chi connectivity index (χ1) is 16.8. The van der Waals surface area contributed by atoms with Gasteiger partial charge in [-0.25, -0.2) is 0 Å². The zero-order valence-corrected chi connectivity index (χ0v) is 19.7. The lowest BCUT2D eigenvalue weighted by Gasteiger charge is -2.39. The summed E-state index contributed by atoms with van der Waals surface area (Å²) >= 11 is 0. The van der Waals surface area contributed by atoms with Gasteiger partial charge in [-0.15, -0.1) is 0 Å². The summed E-state index contributed by atoms with van der Waals surface area (Å²) in [5, 5.41) is 50.6. The van der Waals surface area contributed by atoms with Crippen molar-refractivity contribution in [2.24, 2.45) is 0 Å². The van der Waals surface area contributed by atoms with Gasteiger partial charge < -0.3 is 54.0 Å². The van der Waals surface area contributed by atoms with Gasteiger partial charge in [0.2, 0.25) is 17.8 Å². The number of aromatic hydroxyl groups is 1. The van der Waals surface area contributed by atoms with E-state index in [0.717, 1.165) is 0 Å². The Labute approximate surface area is 202 Å². The van der Waals surface area contributed by atoms with E-state index in [1.54, 1.807) is 30.4 Å². The van der Waals surface area contributed by atoms with Crippen LogP contribution in [0.3, 0.4) is 0 Å². The normalized spacial score (nSPS) is 24.3. The van der Waals surface area contributed by atoms with Crippen LogP contribution in [0.25, 0.3) is 12.2 Å². The first-order valence-corrected chi connectivity index (χ1v) is 10.6. The molecule has 35 heavy (non-hydrogen) atoms. The first kappa shape index (κ1) is 26.4. The monoisotopic (exact) mass is 494 g/mol. The third-order valence-electron chi connectivity index (χ3n) is 5.57. The molecule has 0 unspecified atom stereocenters. The molecule has 1 heterocycles. The Kier molecular flexibility index (Phi) is 8.65. The van der Waals surface area contributed by atoms with E-state index in [2.05, 4.69) is 0 Å². The molecule has 192 valence electrons. The molecule has 0 amide bonds. The highest BCUT2D eigenvalue weighted by molar-refractivity contribution is 5.77. The fourth-order valence-electron chi connectivity index (χ4n) is 3.64. The van der Waals surface area contributed by atoms with Crippen LogP contribution >= 0.6 is 0 Å². The average molecular weight is 494 g/mol. The van der Waals surface area contributed by atoms with Crippen LogP contribution in [0.5, 0.6) is 34.5 Å². The summed E-state index contributed by atoms with van der Waals surface area (Å²) in [7, 11) is 5.87. The number of phenolic OH excluding ortho intramolecular Hbond substituents is 1. The van der Waals surface area contributed by atoms with Crippen molar-refractivity contribution in [2.45, 2.75) is 30.7 Å². The minimum Gasteiger partial charge on any atom is -0.504 e. The van der Waals surface area contributed by atoms with Crippen LogP contribution < -0.4 is 23.7 Å². The predicted molar refractivity (Wildman–Crippen MR) is 124 cm³/mol. The summed E-state index contributed by atoms with van der Waals surface area (Å²) in [5.41, 5.74) is 1.02. The van der Waals surface area contributed by atoms with E-state index in [9.17, 15) is 25.5 Å². The van der Waals surface area contributed by atoms with E-state index >= 15 is 0 Å². The number of aliphatic hydroxyl groups is 4. The molecule has 1 aliphatic heterocycles. The molecule has 0 saturated carbocycles. The Bertz CT molecular complexity index is 1010. The van der Waals surface area contributed by atoms with Crippen molar-refractivity contribution < 1.29 is 54.0 Å². The van der Waals surface area contributed by atoms with Crippen molar-refractivity contribution in [2.75, 3.05) is 35.0 Å². The summed E-state index contributed by atoms with van der Waals surface area (Å²) in [4.78, 5) is 0. The molecule has 5 N–H and O–H groups in total. The molecule has 5 atom stereocenters. The van der Waals surface area contributed by atoms with Crippen LogP contribution in [0, 0.1) is 0 Å². The molecule has 1 fully saturated rings. The van der Waals surface area contributed by atoms with E-state index in [1.807, 2.05) is 0 Å². The predicted octanol–water partition coefficient (Wildman–Crippen LogP) is 0.776. The van der Waals surface area contributed by atoms with Crippen LogP contribution in [0.2, 0.25) is 0 Å². The number of hydrogen-bond donors (Lipinski definition) is 5. The standard InChI is InChI=1S/C24H30O11/c1-30-14-8-7-13(6-5-12-9-15(31-2)22(33-4)16(10-12)32-3)18(26)23(14)35-24-21(29)20(28)19(27)17(11-25)34-24/h5-10,17,19-21,24-29H,11H2,1-4H3/b6-5-/t17-,19-,20+,21-,24+/m1/s1. The molecular formula is C24H30O11. The zero-order valence-electron chi connectivity index (χ0n) is 19.7. The fourth-order valence-corrected chi connectivity index (χ4v) is 3.64. The molecule has 11 heteroatoms. The lowest BCUT2D eigenvalue weighted by molar-refractivity contribution is -0.277. The third kappa shape index (κ3) is 5.39. The van der Waals surface area contributed by atoms with Gasteiger partial charge in [-0.3, -0.25) is 0 Å². The highest BCUT2D eigenvalue weighted by Crippen LogP contribution is 2.42. The van der Waals surface area contributed by atoms with Gasteiger partial charge in [-0.05, 0) is 29.8 Å². The van der Waals surface area contributed by atoms with E-state index in [-0.39, 0.29) is 17.2 Å². The van der Waals surface area contributed by atoms with Crippen molar-refractivity contribution in [3.63, 3.8) is 0 Å². The molecule has 0 aliphatic carbocycles. The Morgan fingerprint density at radius 3 is 1.97 bits per heavy atom. The molecule has 1 saturated heterocycles. The SMILES string of the molecule is COc1cc(/C=C\c2ccc(OC)c(O[C@@H]3O[C@H](CO)[C@@H](O)[C@H](O)[C@H]3O)c2O)cc(OC)c1OC. The summed E-state index contributed by atoms with van der Waals surface area (Å²) < 4.78 is 32.3. The quantitative estimate of drug-likeness (QED) is 0.314. The van der Waals surface area contributed by atoms with Crippen molar-refractivity contribution >= 4 is 12.2 Å². The summed E-state index contributed by atoms with van der Waals surface area (Å²) in [5.74, 6) is 0.988. The second-order valence-electron chi connectivity index (χ2n) is 7.64. The number of benzene rings is 2. The van der Waals surface area contributed by atoms with Gasteiger partial charge in [0.05, 0.1) is 35.0 Å². The van der Waals surface area contributed by atoms with Crippen molar-refractivity contribution in [1.82, 2.24) is 0 Å². The van der Waals surface area contributed by atoms with Crippen LogP contribution in [0.15, 0.2) is 24.3 Å². The lowest BCUT2D eigenvalue weighted by Crippen LogP contribution is -2.60. The smallest absolute Gasteiger partial charge is 0.229 e. The summed E-state index contributed by atoms with van der Waals surface area (Å²) in [6.45, 7) is -0.620. The maximum atomic E-state index is 10.9. The first-order valence-electron chi connectivity index (χ1n) is 10.6. The fraction of sp³-hybridized carbons (Fsp3) is 0.417. The van der Waals surface area contributed by atoms with Crippen LogP contribution in [-0.2, 0) is 4.74 Å². The van der Waals surface area contributed by atoms with E-state index in [1.165, 1.54) is 34.5 Å². The minimum atomic E-state index is -1.66. The third-order valence-corrected chi connectivity index (χ3v) is 5.57. The van der Waals surface area contributed by atoms with Crippen molar-refractivity contribution in [3.05, 3.63) is 35.4 Å². The van der Waals surface area contributed by atoms with Gasteiger partial charge in [0.1, 0.15) is 24.4 Å². The van der Waals surface area contributed by atoms with E-state index < -0.39 is 37.3 Å². The van der Waals surface area contributed by atoms with E-state index in [0.29, 0.717) is 28.4 Å². The van der Waals surface area contributed by atoms with Gasteiger partial charge in [-0.1, -0.05) is 12.2 Å². The number of phenols is 1. The molecule has 2 aromatic rings. The number of ether oxygens (including phenoxy) is 6. The molecule has 11 nitrogen and oxygen atoms in total. The molecule has 0 spiro atoms. The number of aliphatic hydroxyl groups excluding tert-OH is 4. The number of methoxy groups -OCH3 is 4. The maximum Gasteiger partial charge on any atom is 0.229 e. The van der Waals surface area contributed by atoms with Crippen molar-refractivity contribution in [3.8, 4) is 34.5 Å². The second-order valence-corrected chi connectivity index (χ2v) is 7.64. The van der Waals surface area contributed by atoms with Gasteiger partial charge in [0.25, 0.3) is 0 Å². The highest BCUT2D eigenvalue weighted by Gasteiger charge is 2.45. The number of rotatable bonds is 9. The average Bonchev–Trinajstić information content (AvgIpc) is 2.88. The molecule has 0 bridgehead atoms. The van der Waals surface area contributed by atoms with Gasteiger partial charge >= 0.3 is 0 Å². The van der Waals surface area contributed by atoms with Crippen LogP contribution in [0.1, 0.15) is 11.1 Å². The summed E-state index contributed by atoms with van der Waals surface area (Å²) in [6.07, 6.45) is -4.20. The van der Waals surface area contributed by atoms with Gasteiger partial charge in [0, 0.05) is 5.56 Å². The molecule has 1 aliphatic rings. The molecule has 0 radical (unpaired) electrons. The summed E-state index contributed by atoms with van der Waals surface area (Å²) in [6, 6.07) is 6.57. The Balaban J connectivity index is 1.93. The Hall–Kier alpha value is -3.22. The van der Waals surface area contributed by atoms with Gasteiger partial charge in [0.15, 0.2) is 23.0 Å². The lowest BCUT2D eigenvalue weighted by atomic mass is 9.99. The molecule has 0 aromatic heterocycles. The van der Waals surface area contributed by atoms with Crippen molar-refractivity contribution in [1.29, 1.82) is 0 Å². The molecule has 2 aromatic carbocycles. The highest BCUT2D eigenvalue weighted by atomic mass is 16.7. The van der Waals surface area contributed by atoms with Gasteiger partial charge in [-0.2, -0.15) is 0 Å². The number of hydrogen-bond acceptors (Lipinski definition) is 11. The van der Waals surface area contributed by atoms with Crippen LogP contribution in [0.4, 0.5) is 0 Å². The molecular weight excluding hydrogens is 464 g/mol.